The Morgan fingerprint density at radius 1 is 0.897 bits per heavy atom. The largest absolute Gasteiger partial charge is 0.379 e. The molecule has 5 aromatic rings. The maximum Gasteiger partial charge on any atom is 0.127 e. The Balaban J connectivity index is 1.21. The number of rotatable bonds is 6. The van der Waals surface area contributed by atoms with Crippen LogP contribution in [-0.2, 0) is 28.9 Å². The molecular formula is C35H36N2O2. The number of aryl methyl sites for hydroxylation is 1. The molecule has 39 heavy (non-hydrogen) atoms. The molecule has 4 nitrogen and oxygen atoms in total. The van der Waals surface area contributed by atoms with E-state index in [0.29, 0.717) is 5.92 Å². The van der Waals surface area contributed by atoms with Crippen molar-refractivity contribution in [2.75, 3.05) is 32.8 Å². The second kappa shape index (κ2) is 10.3. The van der Waals surface area contributed by atoms with E-state index in [1.807, 2.05) is 0 Å². The maximum atomic E-state index is 12.5. The van der Waals surface area contributed by atoms with Gasteiger partial charge in [0, 0.05) is 44.0 Å². The van der Waals surface area contributed by atoms with Crippen molar-refractivity contribution in [1.29, 1.82) is 0 Å². The van der Waals surface area contributed by atoms with Gasteiger partial charge in [0.15, 0.2) is 0 Å². The summed E-state index contributed by atoms with van der Waals surface area (Å²) in [6.07, 6.45) is 6.63. The third kappa shape index (κ3) is 4.36. The van der Waals surface area contributed by atoms with Crippen molar-refractivity contribution < 1.29 is 9.53 Å². The molecule has 0 spiro atoms. The fourth-order valence-corrected chi connectivity index (χ4v) is 7.19. The highest BCUT2D eigenvalue weighted by atomic mass is 16.5. The van der Waals surface area contributed by atoms with Crippen LogP contribution >= 0.6 is 0 Å². The van der Waals surface area contributed by atoms with E-state index < -0.39 is 0 Å². The Hall–Kier alpha value is -3.47. The molecule has 0 bridgehead atoms. The van der Waals surface area contributed by atoms with Gasteiger partial charge in [0.1, 0.15) is 6.29 Å². The fraction of sp³-hybridized carbons (Fsp3) is 0.343. The minimum Gasteiger partial charge on any atom is -0.379 e. The monoisotopic (exact) mass is 516 g/mol. The zero-order valence-electron chi connectivity index (χ0n) is 22.7. The Morgan fingerprint density at radius 3 is 2.44 bits per heavy atom. The molecule has 1 aromatic heterocycles. The first-order chi connectivity index (χ1) is 19.2. The van der Waals surface area contributed by atoms with E-state index in [-0.39, 0.29) is 5.92 Å². The van der Waals surface area contributed by atoms with E-state index in [2.05, 4.69) is 89.3 Å². The Morgan fingerprint density at radius 2 is 1.64 bits per heavy atom. The molecule has 1 saturated heterocycles. The maximum absolute atomic E-state index is 12.5. The van der Waals surface area contributed by atoms with Gasteiger partial charge in [-0.1, -0.05) is 67.6 Å². The average molecular weight is 517 g/mol. The Kier molecular flexibility index (Phi) is 6.46. The van der Waals surface area contributed by atoms with E-state index in [1.165, 1.54) is 61.0 Å². The molecule has 0 amide bonds. The van der Waals surface area contributed by atoms with Gasteiger partial charge in [-0.25, -0.2) is 0 Å². The number of aldehydes is 1. The quantitative estimate of drug-likeness (QED) is 0.185. The van der Waals surface area contributed by atoms with Crippen molar-refractivity contribution in [3.05, 3.63) is 95.3 Å². The van der Waals surface area contributed by atoms with Gasteiger partial charge in [0.05, 0.1) is 13.2 Å². The van der Waals surface area contributed by atoms with Crippen molar-refractivity contribution in [3.63, 3.8) is 0 Å². The number of nitrogens with zero attached hydrogens (tertiary/aromatic N) is 2. The first kappa shape index (κ1) is 24.6. The minimum atomic E-state index is -0.00872. The van der Waals surface area contributed by atoms with E-state index in [1.54, 1.807) is 0 Å². The van der Waals surface area contributed by atoms with Crippen LogP contribution in [0.15, 0.2) is 72.9 Å². The van der Waals surface area contributed by atoms with Crippen molar-refractivity contribution >= 4 is 38.6 Å². The third-order valence-corrected chi connectivity index (χ3v) is 9.19. The molecule has 2 unspecified atom stereocenters. The number of fused-ring (bicyclic) bond motifs is 6. The van der Waals surface area contributed by atoms with E-state index in [4.69, 9.17) is 4.74 Å². The van der Waals surface area contributed by atoms with Gasteiger partial charge >= 0.3 is 0 Å². The summed E-state index contributed by atoms with van der Waals surface area (Å²) in [5.74, 6) is 0.380. The predicted octanol–water partition coefficient (Wildman–Crippen LogP) is 6.74. The van der Waals surface area contributed by atoms with Gasteiger partial charge in [0.25, 0.3) is 0 Å². The topological polar surface area (TPSA) is 34.5 Å². The lowest BCUT2D eigenvalue weighted by Crippen LogP contribution is -2.41. The van der Waals surface area contributed by atoms with Gasteiger partial charge in [-0.05, 0) is 80.3 Å². The number of hydrogen-bond acceptors (Lipinski definition) is 3. The van der Waals surface area contributed by atoms with Crippen molar-refractivity contribution in [3.8, 4) is 0 Å². The molecule has 4 aromatic carbocycles. The second-order valence-corrected chi connectivity index (χ2v) is 11.4. The van der Waals surface area contributed by atoms with Crippen LogP contribution < -0.4 is 0 Å². The molecule has 0 radical (unpaired) electrons. The van der Waals surface area contributed by atoms with E-state index in [0.717, 1.165) is 58.7 Å². The highest BCUT2D eigenvalue weighted by Crippen LogP contribution is 2.40. The SMILES string of the molecule is CCc1cn(Cc2ccc3c(ccc4c5ccccc5ccc34)c2)c2c1C(C=O)C(CN1CCOCC1)CC2. The summed E-state index contributed by atoms with van der Waals surface area (Å²) >= 11 is 0. The number of ether oxygens (including phenoxy) is 1. The summed E-state index contributed by atoms with van der Waals surface area (Å²) in [6, 6.07) is 24.6. The first-order valence-electron chi connectivity index (χ1n) is 14.5. The molecule has 1 fully saturated rings. The summed E-state index contributed by atoms with van der Waals surface area (Å²) in [4.78, 5) is 15.0. The molecule has 1 aliphatic carbocycles. The summed E-state index contributed by atoms with van der Waals surface area (Å²) in [5.41, 5.74) is 5.33. The lowest BCUT2D eigenvalue weighted by Gasteiger charge is -2.35. The zero-order valence-corrected chi connectivity index (χ0v) is 22.7. The van der Waals surface area contributed by atoms with Crippen LogP contribution in [0.25, 0.3) is 32.3 Å². The number of benzene rings is 4. The average Bonchev–Trinajstić information content (AvgIpc) is 3.34. The number of hydrogen-bond donors (Lipinski definition) is 0. The molecular weight excluding hydrogens is 480 g/mol. The van der Waals surface area contributed by atoms with Gasteiger partial charge in [0.2, 0.25) is 0 Å². The van der Waals surface area contributed by atoms with Crippen LogP contribution in [0.3, 0.4) is 0 Å². The highest BCUT2D eigenvalue weighted by Gasteiger charge is 2.34. The van der Waals surface area contributed by atoms with Crippen LogP contribution in [0.5, 0.6) is 0 Å². The number of carbonyl (C=O) groups is 1. The van der Waals surface area contributed by atoms with Crippen molar-refractivity contribution in [2.24, 2.45) is 5.92 Å². The number of aromatic nitrogens is 1. The van der Waals surface area contributed by atoms with Gasteiger partial charge < -0.3 is 14.1 Å². The molecule has 198 valence electrons. The Bertz CT molecular complexity index is 1680. The lowest BCUT2D eigenvalue weighted by molar-refractivity contribution is -0.110. The van der Waals surface area contributed by atoms with E-state index in [9.17, 15) is 4.79 Å². The molecule has 7 rings (SSSR count). The van der Waals surface area contributed by atoms with Crippen LogP contribution in [0, 0.1) is 5.92 Å². The molecule has 1 aliphatic heterocycles. The summed E-state index contributed by atoms with van der Waals surface area (Å²) < 4.78 is 7.98. The van der Waals surface area contributed by atoms with E-state index >= 15 is 0 Å². The molecule has 0 N–H and O–H groups in total. The lowest BCUT2D eigenvalue weighted by atomic mass is 9.76. The third-order valence-electron chi connectivity index (χ3n) is 9.19. The van der Waals surface area contributed by atoms with Crippen molar-refractivity contribution in [2.45, 2.75) is 38.6 Å². The Labute approximate surface area is 230 Å². The highest BCUT2D eigenvalue weighted by molar-refractivity contribution is 6.17. The predicted molar refractivity (Wildman–Crippen MR) is 160 cm³/mol. The molecule has 4 heteroatoms. The summed E-state index contributed by atoms with van der Waals surface area (Å²) in [7, 11) is 0. The summed E-state index contributed by atoms with van der Waals surface area (Å²) in [5, 5.41) is 7.80. The standard InChI is InChI=1S/C35H36N2O2/c1-2-25-22-37(34-14-10-28(33(23-38)35(25)34)21-36-15-17-39-18-16-36)20-24-7-11-30-27(19-24)9-13-31-29-6-4-3-5-26(29)8-12-32(30)31/h3-9,11-13,19,22-23,28,33H,2,10,14-18,20-21H2,1H3. The minimum absolute atomic E-state index is 0.00872. The van der Waals surface area contributed by atoms with Gasteiger partial charge in [-0.2, -0.15) is 0 Å². The van der Waals surface area contributed by atoms with Gasteiger partial charge in [-0.15, -0.1) is 0 Å². The van der Waals surface area contributed by atoms with Crippen LogP contribution in [-0.4, -0.2) is 48.6 Å². The van der Waals surface area contributed by atoms with Gasteiger partial charge in [-0.3, -0.25) is 4.90 Å². The molecule has 2 atom stereocenters. The van der Waals surface area contributed by atoms with Crippen LogP contribution in [0.1, 0.15) is 41.6 Å². The smallest absolute Gasteiger partial charge is 0.127 e. The first-order valence-corrected chi connectivity index (χ1v) is 14.5. The second-order valence-electron chi connectivity index (χ2n) is 11.4. The normalized spacial score (nSPS) is 20.0. The number of morpholine rings is 1. The van der Waals surface area contributed by atoms with Crippen LogP contribution in [0.2, 0.25) is 0 Å². The van der Waals surface area contributed by atoms with Crippen molar-refractivity contribution in [1.82, 2.24) is 9.47 Å². The number of carbonyl (C=O) groups excluding carboxylic acids is 1. The van der Waals surface area contributed by atoms with Crippen LogP contribution in [0.4, 0.5) is 0 Å². The molecule has 2 aliphatic rings. The summed E-state index contributed by atoms with van der Waals surface area (Å²) in [6.45, 7) is 7.62. The molecule has 2 heterocycles. The zero-order chi connectivity index (χ0) is 26.3. The fourth-order valence-electron chi connectivity index (χ4n) is 7.19. The molecule has 0 saturated carbocycles.